The Bertz CT molecular complexity index is 701. The Morgan fingerprint density at radius 3 is 2.82 bits per heavy atom. The van der Waals surface area contributed by atoms with Gasteiger partial charge in [-0.2, -0.15) is 0 Å². The lowest BCUT2D eigenvalue weighted by atomic mass is 10.2. The first-order chi connectivity index (χ1) is 10.5. The summed E-state index contributed by atoms with van der Waals surface area (Å²) in [4.78, 5) is 27.4. The molecule has 0 spiro atoms. The number of esters is 1. The van der Waals surface area contributed by atoms with Crippen LogP contribution in [0.25, 0.3) is 0 Å². The predicted octanol–water partition coefficient (Wildman–Crippen LogP) is 2.59. The number of hydrogen-bond acceptors (Lipinski definition) is 4. The molecule has 5 nitrogen and oxygen atoms in total. The summed E-state index contributed by atoms with van der Waals surface area (Å²) in [5.41, 5.74) is 0.516. The molecule has 2 rings (SSSR count). The zero-order valence-corrected chi connectivity index (χ0v) is 12.4. The van der Waals surface area contributed by atoms with Crippen molar-refractivity contribution in [3.8, 4) is 0 Å². The highest BCUT2D eigenvalue weighted by Crippen LogP contribution is 2.18. The average molecular weight is 323 g/mol. The molecule has 0 atom stereocenters. The molecular weight excluding hydrogens is 311 g/mol. The highest BCUT2D eigenvalue weighted by molar-refractivity contribution is 6.33. The van der Waals surface area contributed by atoms with Crippen molar-refractivity contribution in [1.82, 2.24) is 10.3 Å². The SMILES string of the molecule is COC(=O)c1ccnc(CNC(=O)c2c(F)cccc2Cl)c1. The summed E-state index contributed by atoms with van der Waals surface area (Å²) in [6, 6.07) is 6.96. The third kappa shape index (κ3) is 3.59. The number of aromatic nitrogens is 1. The highest BCUT2D eigenvalue weighted by Gasteiger charge is 2.15. The lowest BCUT2D eigenvalue weighted by Gasteiger charge is -2.08. The third-order valence-electron chi connectivity index (χ3n) is 2.86. The molecule has 1 aromatic carbocycles. The van der Waals surface area contributed by atoms with Gasteiger partial charge in [0.05, 0.1) is 35.5 Å². The first-order valence-electron chi connectivity index (χ1n) is 6.28. The minimum Gasteiger partial charge on any atom is -0.465 e. The first kappa shape index (κ1) is 15.9. The van der Waals surface area contributed by atoms with E-state index in [9.17, 15) is 14.0 Å². The quantitative estimate of drug-likeness (QED) is 0.879. The molecule has 22 heavy (non-hydrogen) atoms. The Labute approximate surface area is 131 Å². The van der Waals surface area contributed by atoms with Gasteiger partial charge in [0.25, 0.3) is 5.91 Å². The number of hydrogen-bond donors (Lipinski definition) is 1. The van der Waals surface area contributed by atoms with Gasteiger partial charge >= 0.3 is 5.97 Å². The van der Waals surface area contributed by atoms with Gasteiger partial charge in [-0.05, 0) is 24.3 Å². The molecule has 114 valence electrons. The largest absolute Gasteiger partial charge is 0.465 e. The van der Waals surface area contributed by atoms with Gasteiger partial charge in [-0.3, -0.25) is 9.78 Å². The second-order valence-electron chi connectivity index (χ2n) is 4.31. The maximum Gasteiger partial charge on any atom is 0.337 e. The summed E-state index contributed by atoms with van der Waals surface area (Å²) >= 11 is 5.81. The number of methoxy groups -OCH3 is 1. The molecule has 0 fully saturated rings. The fourth-order valence-electron chi connectivity index (χ4n) is 1.79. The summed E-state index contributed by atoms with van der Waals surface area (Å²) in [5.74, 6) is -1.87. The Balaban J connectivity index is 2.10. The molecule has 1 N–H and O–H groups in total. The highest BCUT2D eigenvalue weighted by atomic mass is 35.5. The Kier molecular flexibility index (Phi) is 5.06. The van der Waals surface area contributed by atoms with E-state index in [1.165, 1.54) is 37.6 Å². The molecule has 1 heterocycles. The maximum atomic E-state index is 13.6. The van der Waals surface area contributed by atoms with E-state index < -0.39 is 17.7 Å². The van der Waals surface area contributed by atoms with Gasteiger partial charge in [-0.15, -0.1) is 0 Å². The van der Waals surface area contributed by atoms with Crippen LogP contribution in [0.2, 0.25) is 5.02 Å². The number of nitrogens with one attached hydrogen (secondary N) is 1. The molecular formula is C15H12ClFN2O3. The molecule has 0 bridgehead atoms. The van der Waals surface area contributed by atoms with Gasteiger partial charge < -0.3 is 10.1 Å². The minimum absolute atomic E-state index is 0.0220. The van der Waals surface area contributed by atoms with E-state index in [2.05, 4.69) is 15.0 Å². The van der Waals surface area contributed by atoms with Crippen LogP contribution < -0.4 is 5.32 Å². The van der Waals surface area contributed by atoms with Crippen LogP contribution in [-0.2, 0) is 11.3 Å². The predicted molar refractivity (Wildman–Crippen MR) is 78.2 cm³/mol. The van der Waals surface area contributed by atoms with Gasteiger partial charge in [0.15, 0.2) is 0 Å². The topological polar surface area (TPSA) is 68.3 Å². The van der Waals surface area contributed by atoms with E-state index in [0.717, 1.165) is 6.07 Å². The Hall–Kier alpha value is -2.47. The monoisotopic (exact) mass is 322 g/mol. The lowest BCUT2D eigenvalue weighted by molar-refractivity contribution is 0.0600. The van der Waals surface area contributed by atoms with Crippen LogP contribution in [0, 0.1) is 5.82 Å². The zero-order valence-electron chi connectivity index (χ0n) is 11.6. The van der Waals surface area contributed by atoms with Crippen molar-refractivity contribution in [3.05, 3.63) is 64.2 Å². The smallest absolute Gasteiger partial charge is 0.337 e. The minimum atomic E-state index is -0.707. The molecule has 0 aliphatic heterocycles. The lowest BCUT2D eigenvalue weighted by Crippen LogP contribution is -2.24. The second-order valence-corrected chi connectivity index (χ2v) is 4.71. The second kappa shape index (κ2) is 7.00. The van der Waals surface area contributed by atoms with Crippen molar-refractivity contribution >= 4 is 23.5 Å². The number of carbonyl (C=O) groups is 2. The van der Waals surface area contributed by atoms with Crippen molar-refractivity contribution in [1.29, 1.82) is 0 Å². The van der Waals surface area contributed by atoms with E-state index in [0.29, 0.717) is 11.3 Å². The first-order valence-corrected chi connectivity index (χ1v) is 6.66. The van der Waals surface area contributed by atoms with Crippen molar-refractivity contribution in [2.75, 3.05) is 7.11 Å². The van der Waals surface area contributed by atoms with Crippen molar-refractivity contribution in [3.63, 3.8) is 0 Å². The third-order valence-corrected chi connectivity index (χ3v) is 3.17. The van der Waals surface area contributed by atoms with Crippen molar-refractivity contribution < 1.29 is 18.7 Å². The summed E-state index contributed by atoms with van der Waals surface area (Å²) < 4.78 is 18.2. The number of ether oxygens (including phenoxy) is 1. The summed E-state index contributed by atoms with van der Waals surface area (Å²) in [6.07, 6.45) is 1.42. The molecule has 2 aromatic rings. The normalized spacial score (nSPS) is 10.1. The van der Waals surface area contributed by atoms with Gasteiger partial charge in [0.1, 0.15) is 5.82 Å². The molecule has 7 heteroatoms. The summed E-state index contributed by atoms with van der Waals surface area (Å²) in [5, 5.41) is 2.53. The maximum absolute atomic E-state index is 13.6. The number of halogens is 2. The summed E-state index contributed by atoms with van der Waals surface area (Å²) in [6.45, 7) is 0.0222. The van der Waals surface area contributed by atoms with Crippen molar-refractivity contribution in [2.45, 2.75) is 6.54 Å². The number of rotatable bonds is 4. The van der Waals surface area contributed by atoms with Crippen LogP contribution in [0.5, 0.6) is 0 Å². The fourth-order valence-corrected chi connectivity index (χ4v) is 2.04. The fraction of sp³-hybridized carbons (Fsp3) is 0.133. The molecule has 0 aliphatic rings. The van der Waals surface area contributed by atoms with E-state index in [1.807, 2.05) is 0 Å². The molecule has 0 aliphatic carbocycles. The summed E-state index contributed by atoms with van der Waals surface area (Å²) in [7, 11) is 1.27. The Morgan fingerprint density at radius 1 is 1.36 bits per heavy atom. The number of nitrogens with zero attached hydrogens (tertiary/aromatic N) is 1. The van der Waals surface area contributed by atoms with E-state index in [-0.39, 0.29) is 17.1 Å². The van der Waals surface area contributed by atoms with Gasteiger partial charge in [0.2, 0.25) is 0 Å². The molecule has 0 radical (unpaired) electrons. The van der Waals surface area contributed by atoms with Gasteiger partial charge in [0, 0.05) is 6.20 Å². The van der Waals surface area contributed by atoms with E-state index in [4.69, 9.17) is 11.6 Å². The van der Waals surface area contributed by atoms with Gasteiger partial charge in [-0.25, -0.2) is 9.18 Å². The van der Waals surface area contributed by atoms with E-state index in [1.54, 1.807) is 0 Å². The molecule has 1 amide bonds. The molecule has 1 aromatic heterocycles. The number of amides is 1. The van der Waals surface area contributed by atoms with Crippen molar-refractivity contribution in [2.24, 2.45) is 0 Å². The zero-order chi connectivity index (χ0) is 16.1. The van der Waals surface area contributed by atoms with Gasteiger partial charge in [-0.1, -0.05) is 17.7 Å². The van der Waals surface area contributed by atoms with E-state index >= 15 is 0 Å². The molecule has 0 saturated carbocycles. The van der Waals surface area contributed by atoms with Crippen LogP contribution >= 0.6 is 11.6 Å². The number of pyridine rings is 1. The average Bonchev–Trinajstić information content (AvgIpc) is 2.52. The molecule has 0 saturated heterocycles. The van der Waals surface area contributed by atoms with Crippen LogP contribution in [0.4, 0.5) is 4.39 Å². The van der Waals surface area contributed by atoms with Crippen LogP contribution in [0.3, 0.4) is 0 Å². The number of carbonyl (C=O) groups excluding carboxylic acids is 2. The number of benzene rings is 1. The van der Waals surface area contributed by atoms with Crippen LogP contribution in [0.1, 0.15) is 26.4 Å². The Morgan fingerprint density at radius 2 is 2.14 bits per heavy atom. The van der Waals surface area contributed by atoms with Crippen LogP contribution in [0.15, 0.2) is 36.5 Å². The standard InChI is InChI=1S/C15H12ClFN2O3/c1-22-15(21)9-5-6-18-10(7-9)8-19-14(20)13-11(16)3-2-4-12(13)17/h2-7H,8H2,1H3,(H,19,20). The van der Waals surface area contributed by atoms with Crippen LogP contribution in [-0.4, -0.2) is 24.0 Å². The molecule has 0 unspecified atom stereocenters.